The number of nitrogens with zero attached hydrogens (tertiary/aromatic N) is 2. The van der Waals surface area contributed by atoms with Crippen LogP contribution in [-0.4, -0.2) is 73.2 Å². The van der Waals surface area contributed by atoms with Gasteiger partial charge in [0, 0.05) is 39.7 Å². The van der Waals surface area contributed by atoms with Crippen LogP contribution >= 0.6 is 0 Å². The van der Waals surface area contributed by atoms with Crippen molar-refractivity contribution in [3.63, 3.8) is 0 Å². The second-order valence-corrected chi connectivity index (χ2v) is 5.68. The number of likely N-dealkylation sites (tertiary alicyclic amines) is 1. The molecule has 20 heavy (non-hydrogen) atoms. The molecule has 0 radical (unpaired) electrons. The summed E-state index contributed by atoms with van der Waals surface area (Å²) in [6.45, 7) is 2.47. The normalized spacial score (nSPS) is 22.4. The van der Waals surface area contributed by atoms with Gasteiger partial charge in [-0.3, -0.25) is 9.59 Å². The van der Waals surface area contributed by atoms with Gasteiger partial charge in [0.05, 0.1) is 19.1 Å². The first-order chi connectivity index (χ1) is 9.65. The van der Waals surface area contributed by atoms with Crippen molar-refractivity contribution in [3.8, 4) is 0 Å². The molecular weight excluding hydrogens is 260 g/mol. The van der Waals surface area contributed by atoms with Gasteiger partial charge in [-0.2, -0.15) is 0 Å². The van der Waals surface area contributed by atoms with Crippen LogP contribution in [0.1, 0.15) is 19.3 Å². The summed E-state index contributed by atoms with van der Waals surface area (Å²) in [5.41, 5.74) is 0. The number of hydrogen-bond donors (Lipinski definition) is 1. The highest BCUT2D eigenvalue weighted by Gasteiger charge is 2.38. The van der Waals surface area contributed by atoms with Crippen LogP contribution in [-0.2, 0) is 14.3 Å². The van der Waals surface area contributed by atoms with Crippen LogP contribution in [0.3, 0.4) is 0 Å². The number of hydrogen-bond acceptors (Lipinski definition) is 4. The monoisotopic (exact) mass is 284 g/mol. The predicted octanol–water partition coefficient (Wildman–Crippen LogP) is -0.288. The summed E-state index contributed by atoms with van der Waals surface area (Å²) in [4.78, 5) is 27.8. The lowest BCUT2D eigenvalue weighted by molar-refractivity contribution is -0.137. The topological polar surface area (TPSA) is 70.1 Å². The van der Waals surface area contributed by atoms with Crippen LogP contribution in [0.4, 0.5) is 0 Å². The van der Waals surface area contributed by atoms with E-state index in [2.05, 4.69) is 0 Å². The summed E-state index contributed by atoms with van der Waals surface area (Å²) >= 11 is 0. The molecule has 0 aromatic carbocycles. The Morgan fingerprint density at radius 3 is 2.80 bits per heavy atom. The van der Waals surface area contributed by atoms with Crippen molar-refractivity contribution in [1.29, 1.82) is 0 Å². The fourth-order valence-corrected chi connectivity index (χ4v) is 2.64. The number of aliphatic hydroxyl groups is 1. The Bertz CT molecular complexity index is 357. The molecule has 0 aromatic heterocycles. The molecule has 0 aromatic rings. The summed E-state index contributed by atoms with van der Waals surface area (Å²) in [5, 5.41) is 9.05. The molecule has 1 heterocycles. The van der Waals surface area contributed by atoms with E-state index in [1.165, 1.54) is 12.8 Å². The molecule has 0 spiro atoms. The third kappa shape index (κ3) is 3.93. The third-order valence-corrected chi connectivity index (χ3v) is 3.99. The van der Waals surface area contributed by atoms with Gasteiger partial charge < -0.3 is 19.6 Å². The maximum Gasteiger partial charge on any atom is 0.228 e. The molecule has 1 unspecified atom stereocenters. The first-order valence-electron chi connectivity index (χ1n) is 7.32. The Kier molecular flexibility index (Phi) is 5.37. The molecule has 0 bridgehead atoms. The molecule has 1 aliphatic carbocycles. The standard InChI is InChI=1S/C14H24N2O4/c1-20-7-5-15(4-6-17)14(19)12-8-13(18)16(10-12)9-11-2-3-11/h11-12,17H,2-10H2,1H3. The molecule has 1 N–H and O–H groups in total. The quantitative estimate of drug-likeness (QED) is 0.665. The second kappa shape index (κ2) is 7.04. The maximum atomic E-state index is 12.4. The van der Waals surface area contributed by atoms with E-state index in [1.807, 2.05) is 4.90 Å². The highest BCUT2D eigenvalue weighted by molar-refractivity contribution is 5.89. The Morgan fingerprint density at radius 2 is 2.20 bits per heavy atom. The van der Waals surface area contributed by atoms with E-state index in [9.17, 15) is 9.59 Å². The zero-order chi connectivity index (χ0) is 14.5. The minimum atomic E-state index is -0.260. The lowest BCUT2D eigenvalue weighted by Gasteiger charge is -2.24. The Balaban J connectivity index is 1.88. The lowest BCUT2D eigenvalue weighted by atomic mass is 10.1. The number of carbonyl (C=O) groups excluding carboxylic acids is 2. The first kappa shape index (κ1) is 15.3. The molecule has 114 valence electrons. The summed E-state index contributed by atoms with van der Waals surface area (Å²) in [5.74, 6) is 0.438. The van der Waals surface area contributed by atoms with Gasteiger partial charge in [-0.1, -0.05) is 0 Å². The predicted molar refractivity (Wildman–Crippen MR) is 73.0 cm³/mol. The number of aliphatic hydroxyl groups excluding tert-OH is 1. The largest absolute Gasteiger partial charge is 0.395 e. The fourth-order valence-electron chi connectivity index (χ4n) is 2.64. The number of carbonyl (C=O) groups is 2. The van der Waals surface area contributed by atoms with Gasteiger partial charge in [0.25, 0.3) is 0 Å². The van der Waals surface area contributed by atoms with Crippen LogP contribution in [0.5, 0.6) is 0 Å². The molecular formula is C14H24N2O4. The van der Waals surface area contributed by atoms with Crippen molar-refractivity contribution in [2.45, 2.75) is 19.3 Å². The van der Waals surface area contributed by atoms with Crippen molar-refractivity contribution in [2.75, 3.05) is 46.5 Å². The van der Waals surface area contributed by atoms with E-state index < -0.39 is 0 Å². The molecule has 1 saturated carbocycles. The SMILES string of the molecule is COCCN(CCO)C(=O)C1CC(=O)N(CC2CC2)C1. The first-order valence-corrected chi connectivity index (χ1v) is 7.32. The van der Waals surface area contributed by atoms with Crippen LogP contribution in [0, 0.1) is 11.8 Å². The summed E-state index contributed by atoms with van der Waals surface area (Å²) in [7, 11) is 1.58. The zero-order valence-corrected chi connectivity index (χ0v) is 12.1. The number of ether oxygens (including phenoxy) is 1. The van der Waals surface area contributed by atoms with Crippen molar-refractivity contribution < 1.29 is 19.4 Å². The summed E-state index contributed by atoms with van der Waals surface area (Å²) in [6.07, 6.45) is 2.71. The lowest BCUT2D eigenvalue weighted by Crippen LogP contribution is -2.41. The van der Waals surface area contributed by atoms with Gasteiger partial charge in [0.1, 0.15) is 0 Å². The van der Waals surface area contributed by atoms with E-state index in [0.717, 1.165) is 6.54 Å². The minimum Gasteiger partial charge on any atom is -0.395 e. The third-order valence-electron chi connectivity index (χ3n) is 3.99. The molecule has 1 atom stereocenters. The molecule has 2 amide bonds. The maximum absolute atomic E-state index is 12.4. The number of methoxy groups -OCH3 is 1. The average molecular weight is 284 g/mol. The van der Waals surface area contributed by atoms with Gasteiger partial charge in [-0.25, -0.2) is 0 Å². The van der Waals surface area contributed by atoms with Crippen LogP contribution in [0.15, 0.2) is 0 Å². The van der Waals surface area contributed by atoms with Crippen LogP contribution in [0.25, 0.3) is 0 Å². The Labute approximate surface area is 119 Å². The Morgan fingerprint density at radius 1 is 1.45 bits per heavy atom. The van der Waals surface area contributed by atoms with Gasteiger partial charge in [0.2, 0.25) is 11.8 Å². The van der Waals surface area contributed by atoms with Gasteiger partial charge in [0.15, 0.2) is 0 Å². The highest BCUT2D eigenvalue weighted by Crippen LogP contribution is 2.32. The Hall–Kier alpha value is -1.14. The van der Waals surface area contributed by atoms with Crippen LogP contribution in [0.2, 0.25) is 0 Å². The molecule has 1 saturated heterocycles. The summed E-state index contributed by atoms with van der Waals surface area (Å²) in [6, 6.07) is 0. The van der Waals surface area contributed by atoms with E-state index in [4.69, 9.17) is 9.84 Å². The van der Waals surface area contributed by atoms with E-state index in [1.54, 1.807) is 12.0 Å². The highest BCUT2D eigenvalue weighted by atomic mass is 16.5. The molecule has 6 nitrogen and oxygen atoms in total. The number of amides is 2. The molecule has 2 fully saturated rings. The van der Waals surface area contributed by atoms with Crippen molar-refractivity contribution in [3.05, 3.63) is 0 Å². The summed E-state index contributed by atoms with van der Waals surface area (Å²) < 4.78 is 4.98. The van der Waals surface area contributed by atoms with Gasteiger partial charge in [-0.15, -0.1) is 0 Å². The smallest absolute Gasteiger partial charge is 0.228 e. The van der Waals surface area contributed by atoms with Crippen LogP contribution < -0.4 is 0 Å². The van der Waals surface area contributed by atoms with Crippen molar-refractivity contribution in [2.24, 2.45) is 11.8 Å². The minimum absolute atomic E-state index is 0.0391. The van der Waals surface area contributed by atoms with Gasteiger partial charge >= 0.3 is 0 Å². The molecule has 2 rings (SSSR count). The number of rotatable bonds is 8. The van der Waals surface area contributed by atoms with Gasteiger partial charge in [-0.05, 0) is 18.8 Å². The van der Waals surface area contributed by atoms with E-state index in [0.29, 0.717) is 38.6 Å². The molecule has 2 aliphatic rings. The zero-order valence-electron chi connectivity index (χ0n) is 12.1. The van der Waals surface area contributed by atoms with E-state index in [-0.39, 0.29) is 24.3 Å². The average Bonchev–Trinajstić information content (AvgIpc) is 3.17. The second-order valence-electron chi connectivity index (χ2n) is 5.68. The van der Waals surface area contributed by atoms with Crippen molar-refractivity contribution in [1.82, 2.24) is 9.80 Å². The molecule has 1 aliphatic heterocycles. The fraction of sp³-hybridized carbons (Fsp3) is 0.857. The van der Waals surface area contributed by atoms with E-state index >= 15 is 0 Å². The van der Waals surface area contributed by atoms with Crippen molar-refractivity contribution >= 4 is 11.8 Å². The molecule has 6 heteroatoms.